The zero-order valence-electron chi connectivity index (χ0n) is 7.40. The largest absolute Gasteiger partial charge is 0.467 e. The Morgan fingerprint density at radius 1 is 1.21 bits per heavy atom. The Labute approximate surface area is 79.5 Å². The zero-order valence-corrected chi connectivity index (χ0v) is 7.40. The van der Waals surface area contributed by atoms with Crippen molar-refractivity contribution >= 4 is 12.3 Å². The number of aliphatic hydroxyl groups excluding tert-OH is 4. The van der Waals surface area contributed by atoms with Crippen LogP contribution in [-0.4, -0.2) is 64.2 Å². The van der Waals surface area contributed by atoms with E-state index in [0.29, 0.717) is 0 Å². The number of esters is 1. The molecule has 82 valence electrons. The highest BCUT2D eigenvalue weighted by atomic mass is 16.5. The summed E-state index contributed by atoms with van der Waals surface area (Å²) in [6.45, 7) is 0. The van der Waals surface area contributed by atoms with Gasteiger partial charge in [0.15, 0.2) is 12.4 Å². The van der Waals surface area contributed by atoms with Gasteiger partial charge in [0, 0.05) is 0 Å². The minimum absolute atomic E-state index is 0.0299. The van der Waals surface area contributed by atoms with E-state index in [0.717, 1.165) is 7.11 Å². The molecule has 0 aromatic heterocycles. The smallest absolute Gasteiger partial charge is 0.337 e. The highest BCUT2D eigenvalue weighted by Crippen LogP contribution is 2.05. The zero-order chi connectivity index (χ0) is 11.3. The third kappa shape index (κ3) is 3.04. The first kappa shape index (κ1) is 13.0. The molecule has 0 unspecified atom stereocenters. The molecule has 0 saturated heterocycles. The molecule has 0 amide bonds. The maximum Gasteiger partial charge on any atom is 0.337 e. The van der Waals surface area contributed by atoms with Crippen LogP contribution >= 0.6 is 0 Å². The average Bonchev–Trinajstić information content (AvgIpc) is 2.23. The lowest BCUT2D eigenvalue weighted by atomic mass is 10.0. The van der Waals surface area contributed by atoms with Crippen molar-refractivity contribution in [1.29, 1.82) is 0 Å². The lowest BCUT2D eigenvalue weighted by molar-refractivity contribution is -0.166. The number of carbonyl (C=O) groups excluding carboxylic acids is 2. The molecule has 14 heavy (non-hydrogen) atoms. The maximum absolute atomic E-state index is 10.7. The SMILES string of the molecule is COC(=O)[C@H](O)[C@@H](O)[C@@H](O)[C@H](O)C=O. The van der Waals surface area contributed by atoms with Crippen LogP contribution in [0.5, 0.6) is 0 Å². The van der Waals surface area contributed by atoms with Crippen LogP contribution in [0.15, 0.2) is 0 Å². The molecule has 7 heteroatoms. The second-order valence-corrected chi connectivity index (χ2v) is 2.58. The van der Waals surface area contributed by atoms with Crippen LogP contribution < -0.4 is 0 Å². The van der Waals surface area contributed by atoms with Gasteiger partial charge in [0.2, 0.25) is 0 Å². The molecule has 7 nitrogen and oxygen atoms in total. The normalized spacial score (nSPS) is 19.2. The molecule has 0 aliphatic rings. The van der Waals surface area contributed by atoms with Crippen molar-refractivity contribution in [3.63, 3.8) is 0 Å². The summed E-state index contributed by atoms with van der Waals surface area (Å²) < 4.78 is 4.07. The Morgan fingerprint density at radius 3 is 2.07 bits per heavy atom. The summed E-state index contributed by atoms with van der Waals surface area (Å²) >= 11 is 0. The Bertz CT molecular complexity index is 204. The van der Waals surface area contributed by atoms with Crippen molar-refractivity contribution in [3.05, 3.63) is 0 Å². The number of aldehydes is 1. The molecule has 0 aliphatic carbocycles. The minimum Gasteiger partial charge on any atom is -0.467 e. The Hall–Kier alpha value is -1.02. The van der Waals surface area contributed by atoms with E-state index in [1.54, 1.807) is 0 Å². The predicted molar refractivity (Wildman–Crippen MR) is 42.1 cm³/mol. The second-order valence-electron chi connectivity index (χ2n) is 2.58. The van der Waals surface area contributed by atoms with Crippen molar-refractivity contribution in [1.82, 2.24) is 0 Å². The van der Waals surface area contributed by atoms with Crippen LogP contribution in [-0.2, 0) is 14.3 Å². The van der Waals surface area contributed by atoms with Crippen LogP contribution in [0.25, 0.3) is 0 Å². The summed E-state index contributed by atoms with van der Waals surface area (Å²) in [6.07, 6.45) is -7.84. The first-order valence-electron chi connectivity index (χ1n) is 3.71. The fourth-order valence-corrected chi connectivity index (χ4v) is 0.729. The van der Waals surface area contributed by atoms with Crippen molar-refractivity contribution in [2.75, 3.05) is 7.11 Å². The van der Waals surface area contributed by atoms with E-state index < -0.39 is 30.4 Å². The number of methoxy groups -OCH3 is 1. The van der Waals surface area contributed by atoms with Crippen molar-refractivity contribution < 1.29 is 34.8 Å². The van der Waals surface area contributed by atoms with Crippen molar-refractivity contribution in [2.45, 2.75) is 24.4 Å². The molecule has 4 N–H and O–H groups in total. The molecule has 0 fully saturated rings. The molecule has 0 radical (unpaired) electrons. The van der Waals surface area contributed by atoms with Crippen LogP contribution in [0.3, 0.4) is 0 Å². The molecule has 0 heterocycles. The predicted octanol–water partition coefficient (Wildman–Crippen LogP) is -3.20. The molecule has 0 aromatic rings. The standard InChI is InChI=1S/C7H12O7/c1-14-7(13)6(12)5(11)4(10)3(9)2-8/h2-6,9-12H,1H3/t3-,4+,5+,6-/m1/s1. The molecular weight excluding hydrogens is 196 g/mol. The first-order chi connectivity index (χ1) is 6.45. The number of aliphatic hydroxyl groups is 4. The van der Waals surface area contributed by atoms with E-state index in [4.69, 9.17) is 20.4 Å². The highest BCUT2D eigenvalue weighted by Gasteiger charge is 2.34. The summed E-state index contributed by atoms with van der Waals surface area (Å²) in [5.41, 5.74) is 0. The fraction of sp³-hybridized carbons (Fsp3) is 0.714. The lowest BCUT2D eigenvalue weighted by Gasteiger charge is -2.22. The van der Waals surface area contributed by atoms with Crippen molar-refractivity contribution in [3.8, 4) is 0 Å². The molecule has 0 saturated carbocycles. The van der Waals surface area contributed by atoms with Crippen LogP contribution in [0.1, 0.15) is 0 Å². The Kier molecular flexibility index (Phi) is 5.24. The van der Waals surface area contributed by atoms with Gasteiger partial charge in [0.1, 0.15) is 18.3 Å². The van der Waals surface area contributed by atoms with Gasteiger partial charge in [0.05, 0.1) is 7.11 Å². The number of ether oxygens (including phenoxy) is 1. The lowest BCUT2D eigenvalue weighted by Crippen LogP contribution is -2.48. The van der Waals surface area contributed by atoms with Gasteiger partial charge in [-0.05, 0) is 0 Å². The fourth-order valence-electron chi connectivity index (χ4n) is 0.729. The third-order valence-electron chi connectivity index (χ3n) is 1.61. The molecule has 0 rings (SSSR count). The van der Waals surface area contributed by atoms with Crippen molar-refractivity contribution in [2.24, 2.45) is 0 Å². The minimum atomic E-state index is -2.01. The molecule has 0 aliphatic heterocycles. The quantitative estimate of drug-likeness (QED) is 0.277. The average molecular weight is 208 g/mol. The van der Waals surface area contributed by atoms with E-state index in [1.807, 2.05) is 0 Å². The van der Waals surface area contributed by atoms with E-state index in [9.17, 15) is 9.59 Å². The molecule has 4 atom stereocenters. The maximum atomic E-state index is 10.7. The summed E-state index contributed by atoms with van der Waals surface area (Å²) in [4.78, 5) is 20.6. The summed E-state index contributed by atoms with van der Waals surface area (Å²) in [7, 11) is 0.973. The summed E-state index contributed by atoms with van der Waals surface area (Å²) in [5.74, 6) is -1.17. The number of rotatable bonds is 5. The highest BCUT2D eigenvalue weighted by molar-refractivity contribution is 5.75. The topological polar surface area (TPSA) is 124 Å². The van der Waals surface area contributed by atoms with E-state index in [1.165, 1.54) is 0 Å². The van der Waals surface area contributed by atoms with Gasteiger partial charge in [-0.15, -0.1) is 0 Å². The van der Waals surface area contributed by atoms with Gasteiger partial charge in [-0.1, -0.05) is 0 Å². The second kappa shape index (κ2) is 5.66. The van der Waals surface area contributed by atoms with E-state index in [2.05, 4.69) is 4.74 Å². The molecule has 0 bridgehead atoms. The summed E-state index contributed by atoms with van der Waals surface area (Å²) in [5, 5.41) is 35.8. The van der Waals surface area contributed by atoms with E-state index in [-0.39, 0.29) is 6.29 Å². The van der Waals surface area contributed by atoms with E-state index >= 15 is 0 Å². The summed E-state index contributed by atoms with van der Waals surface area (Å²) in [6, 6.07) is 0. The number of hydrogen-bond acceptors (Lipinski definition) is 7. The number of carbonyl (C=O) groups is 2. The van der Waals surface area contributed by atoms with Gasteiger partial charge >= 0.3 is 5.97 Å². The van der Waals surface area contributed by atoms with Crippen LogP contribution in [0, 0.1) is 0 Å². The van der Waals surface area contributed by atoms with Crippen LogP contribution in [0.4, 0.5) is 0 Å². The molecule has 0 spiro atoms. The Balaban J connectivity index is 4.37. The van der Waals surface area contributed by atoms with Crippen LogP contribution in [0.2, 0.25) is 0 Å². The monoisotopic (exact) mass is 208 g/mol. The molecule has 0 aromatic carbocycles. The number of hydrogen-bond donors (Lipinski definition) is 4. The third-order valence-corrected chi connectivity index (χ3v) is 1.61. The molecular formula is C7H12O7. The van der Waals surface area contributed by atoms with Gasteiger partial charge in [-0.25, -0.2) is 4.79 Å². The van der Waals surface area contributed by atoms with Gasteiger partial charge < -0.3 is 30.0 Å². The first-order valence-corrected chi connectivity index (χ1v) is 3.71. The van der Waals surface area contributed by atoms with Gasteiger partial charge in [0.25, 0.3) is 0 Å². The van der Waals surface area contributed by atoms with Gasteiger partial charge in [-0.2, -0.15) is 0 Å². The Morgan fingerprint density at radius 2 is 1.71 bits per heavy atom. The van der Waals surface area contributed by atoms with Gasteiger partial charge in [-0.3, -0.25) is 0 Å².